The predicted molar refractivity (Wildman–Crippen MR) is 84.3 cm³/mol. The van der Waals surface area contributed by atoms with Crippen molar-refractivity contribution in [2.45, 2.75) is 13.5 Å². The van der Waals surface area contributed by atoms with E-state index in [0.717, 1.165) is 17.6 Å². The minimum Gasteiger partial charge on any atom is -0.341 e. The van der Waals surface area contributed by atoms with Gasteiger partial charge in [0.15, 0.2) is 0 Å². The van der Waals surface area contributed by atoms with E-state index in [4.69, 9.17) is 5.26 Å². The maximum Gasteiger partial charge on any atom is 0.101 e. The van der Waals surface area contributed by atoms with Gasteiger partial charge in [0.2, 0.25) is 0 Å². The number of hydrogen-bond donors (Lipinski definition) is 0. The van der Waals surface area contributed by atoms with Crippen molar-refractivity contribution >= 4 is 27.4 Å². The third kappa shape index (κ3) is 1.96. The Balaban J connectivity index is 2.37. The van der Waals surface area contributed by atoms with Crippen LogP contribution in [0.4, 0.5) is 0 Å². The number of hydrogen-bond acceptors (Lipinski definition) is 2. The van der Waals surface area contributed by atoms with Crippen molar-refractivity contribution < 1.29 is 0 Å². The Morgan fingerprint density at radius 3 is 2.57 bits per heavy atom. The van der Waals surface area contributed by atoms with Crippen LogP contribution in [0.1, 0.15) is 12.5 Å². The molecular weight excluding hydrogens is 258 g/mol. The van der Waals surface area contributed by atoms with E-state index in [1.807, 2.05) is 36.4 Å². The van der Waals surface area contributed by atoms with Gasteiger partial charge in [-0.2, -0.15) is 10.5 Å². The van der Waals surface area contributed by atoms with E-state index in [1.165, 1.54) is 22.4 Å². The Kier molecular flexibility index (Phi) is 3.18. The van der Waals surface area contributed by atoms with Crippen molar-refractivity contribution in [2.24, 2.45) is 0 Å². The lowest BCUT2D eigenvalue weighted by Crippen LogP contribution is -1.93. The molecule has 0 unspecified atom stereocenters. The van der Waals surface area contributed by atoms with E-state index >= 15 is 0 Å². The zero-order valence-electron chi connectivity index (χ0n) is 11.7. The zero-order valence-corrected chi connectivity index (χ0v) is 11.7. The fourth-order valence-electron chi connectivity index (χ4n) is 2.80. The van der Waals surface area contributed by atoms with Gasteiger partial charge in [-0.15, -0.1) is 0 Å². The fourth-order valence-corrected chi connectivity index (χ4v) is 2.80. The molecule has 0 amide bonds. The Morgan fingerprint density at radius 2 is 1.86 bits per heavy atom. The number of nitrogens with zero attached hydrogens (tertiary/aromatic N) is 3. The van der Waals surface area contributed by atoms with E-state index in [9.17, 15) is 5.26 Å². The van der Waals surface area contributed by atoms with E-state index in [2.05, 4.69) is 29.7 Å². The van der Waals surface area contributed by atoms with E-state index < -0.39 is 0 Å². The first-order valence-electron chi connectivity index (χ1n) is 6.81. The number of aromatic nitrogens is 1. The predicted octanol–water partition coefficient (Wildman–Crippen LogP) is 4.24. The Morgan fingerprint density at radius 1 is 1.10 bits per heavy atom. The van der Waals surface area contributed by atoms with E-state index in [1.54, 1.807) is 0 Å². The Hall–Kier alpha value is -3.04. The van der Waals surface area contributed by atoms with Crippen LogP contribution in [-0.4, -0.2) is 4.57 Å². The van der Waals surface area contributed by atoms with E-state index in [-0.39, 0.29) is 0 Å². The van der Waals surface area contributed by atoms with Gasteiger partial charge in [0, 0.05) is 34.4 Å². The maximum atomic E-state index is 9.17. The summed E-state index contributed by atoms with van der Waals surface area (Å²) in [5.41, 5.74) is 3.46. The van der Waals surface area contributed by atoms with Crippen LogP contribution >= 0.6 is 0 Å². The smallest absolute Gasteiger partial charge is 0.101 e. The monoisotopic (exact) mass is 271 g/mol. The third-order valence-electron chi connectivity index (χ3n) is 3.73. The lowest BCUT2D eigenvalue weighted by atomic mass is 10.0. The number of aryl methyl sites for hydroxylation is 1. The molecule has 0 saturated heterocycles. The van der Waals surface area contributed by atoms with Crippen LogP contribution in [-0.2, 0) is 6.54 Å². The molecule has 1 aromatic heterocycles. The quantitative estimate of drug-likeness (QED) is 0.654. The summed E-state index contributed by atoms with van der Waals surface area (Å²) in [7, 11) is 0. The first-order chi connectivity index (χ1) is 10.3. The van der Waals surface area contributed by atoms with Gasteiger partial charge in [0.25, 0.3) is 0 Å². The molecule has 2 aromatic carbocycles. The SMILES string of the molecule is CCn1c2ccccc2c2ccc(C(C#N)=CC#N)cc21. The number of para-hydroxylation sites is 1. The third-order valence-corrected chi connectivity index (χ3v) is 3.73. The van der Waals surface area contributed by atoms with Crippen LogP contribution < -0.4 is 0 Å². The normalized spacial score (nSPS) is 11.5. The summed E-state index contributed by atoms with van der Waals surface area (Å²) in [5, 5.41) is 20.3. The number of rotatable bonds is 2. The molecule has 0 saturated carbocycles. The van der Waals surface area contributed by atoms with Crippen molar-refractivity contribution in [1.82, 2.24) is 4.57 Å². The lowest BCUT2D eigenvalue weighted by Gasteiger charge is -2.04. The number of benzene rings is 2. The van der Waals surface area contributed by atoms with Crippen LogP contribution in [0, 0.1) is 22.7 Å². The number of allylic oxidation sites excluding steroid dienone is 2. The maximum absolute atomic E-state index is 9.17. The summed E-state index contributed by atoms with van der Waals surface area (Å²) >= 11 is 0. The van der Waals surface area contributed by atoms with Crippen LogP contribution in [0.25, 0.3) is 27.4 Å². The van der Waals surface area contributed by atoms with E-state index in [0.29, 0.717) is 5.57 Å². The average Bonchev–Trinajstić information content (AvgIpc) is 2.85. The summed E-state index contributed by atoms with van der Waals surface area (Å²) in [6.45, 7) is 2.96. The van der Waals surface area contributed by atoms with Crippen molar-refractivity contribution in [3.63, 3.8) is 0 Å². The van der Waals surface area contributed by atoms with Crippen molar-refractivity contribution in [3.8, 4) is 12.1 Å². The molecule has 0 aliphatic heterocycles. The fraction of sp³-hybridized carbons (Fsp3) is 0.111. The summed E-state index contributed by atoms with van der Waals surface area (Å²) < 4.78 is 2.23. The minimum absolute atomic E-state index is 0.396. The molecule has 0 fully saturated rings. The highest BCUT2D eigenvalue weighted by molar-refractivity contribution is 6.08. The molecule has 3 nitrogen and oxygen atoms in total. The lowest BCUT2D eigenvalue weighted by molar-refractivity contribution is 0.827. The second kappa shape index (κ2) is 5.15. The molecule has 3 rings (SSSR count). The summed E-state index contributed by atoms with van der Waals surface area (Å²) in [4.78, 5) is 0. The Bertz CT molecular complexity index is 946. The van der Waals surface area contributed by atoms with Gasteiger partial charge in [-0.25, -0.2) is 0 Å². The molecule has 0 radical (unpaired) electrons. The van der Waals surface area contributed by atoms with Gasteiger partial charge in [0.1, 0.15) is 6.07 Å². The van der Waals surface area contributed by atoms with Gasteiger partial charge in [-0.05, 0) is 24.6 Å². The van der Waals surface area contributed by atoms with Crippen LogP contribution in [0.5, 0.6) is 0 Å². The first-order valence-corrected chi connectivity index (χ1v) is 6.81. The molecule has 0 aliphatic carbocycles. The minimum atomic E-state index is 0.396. The summed E-state index contributed by atoms with van der Waals surface area (Å²) in [5.74, 6) is 0. The van der Waals surface area contributed by atoms with Gasteiger partial charge in [0.05, 0.1) is 11.6 Å². The second-order valence-electron chi connectivity index (χ2n) is 4.79. The molecule has 0 N–H and O–H groups in total. The largest absolute Gasteiger partial charge is 0.341 e. The topological polar surface area (TPSA) is 52.5 Å². The van der Waals surface area contributed by atoms with Gasteiger partial charge < -0.3 is 4.57 Å². The molecule has 3 heteroatoms. The Labute approximate surface area is 122 Å². The number of fused-ring (bicyclic) bond motifs is 3. The van der Waals surface area contributed by atoms with Crippen LogP contribution in [0.2, 0.25) is 0 Å². The molecule has 0 aliphatic rings. The highest BCUT2D eigenvalue weighted by atomic mass is 15.0. The number of nitriles is 2. The molecule has 3 aromatic rings. The summed E-state index contributed by atoms with van der Waals surface area (Å²) in [6, 6.07) is 18.2. The van der Waals surface area contributed by atoms with Gasteiger partial charge in [-0.3, -0.25) is 0 Å². The van der Waals surface area contributed by atoms with Crippen molar-refractivity contribution in [1.29, 1.82) is 10.5 Å². The highest BCUT2D eigenvalue weighted by Crippen LogP contribution is 2.30. The molecule has 1 heterocycles. The van der Waals surface area contributed by atoms with Gasteiger partial charge >= 0.3 is 0 Å². The molecule has 0 spiro atoms. The zero-order chi connectivity index (χ0) is 14.8. The summed E-state index contributed by atoms with van der Waals surface area (Å²) in [6.07, 6.45) is 1.29. The standard InChI is InChI=1S/C18H13N3/c1-2-21-17-6-4-3-5-15(17)16-8-7-13(11-18(16)21)14(12-20)9-10-19/h3-9,11H,2H2,1H3. The van der Waals surface area contributed by atoms with Gasteiger partial charge in [-0.1, -0.05) is 30.3 Å². The van der Waals surface area contributed by atoms with Crippen molar-refractivity contribution in [3.05, 3.63) is 54.1 Å². The molecular formula is C18H13N3. The first kappa shape index (κ1) is 13.0. The second-order valence-corrected chi connectivity index (χ2v) is 4.79. The van der Waals surface area contributed by atoms with Crippen LogP contribution in [0.3, 0.4) is 0 Å². The van der Waals surface area contributed by atoms with Crippen LogP contribution in [0.15, 0.2) is 48.5 Å². The van der Waals surface area contributed by atoms with Crippen molar-refractivity contribution in [2.75, 3.05) is 0 Å². The molecule has 0 atom stereocenters. The average molecular weight is 271 g/mol. The highest BCUT2D eigenvalue weighted by Gasteiger charge is 2.10. The molecule has 100 valence electrons. The molecule has 21 heavy (non-hydrogen) atoms. The molecule has 0 bridgehead atoms.